The number of hydrogen-bond acceptors (Lipinski definition) is 5. The molecule has 1 aliphatic carbocycles. The molecular formula is C29H49F2N5OS2. The lowest BCUT2D eigenvalue weighted by Gasteiger charge is -2.57. The van der Waals surface area contributed by atoms with Gasteiger partial charge < -0.3 is 4.90 Å². The topological polar surface area (TPSA) is 50.9 Å². The summed E-state index contributed by atoms with van der Waals surface area (Å²) < 4.78 is 27.3. The molecule has 2 N–H and O–H groups in total. The quantitative estimate of drug-likeness (QED) is 0.435. The number of benzene rings is 1. The van der Waals surface area contributed by atoms with E-state index < -0.39 is 12.5 Å². The van der Waals surface area contributed by atoms with Crippen LogP contribution in [-0.4, -0.2) is 58.8 Å². The molecular weight excluding hydrogens is 536 g/mol. The summed E-state index contributed by atoms with van der Waals surface area (Å²) in [7, 11) is 1.90. The molecule has 1 saturated carbocycles. The predicted octanol–water partition coefficient (Wildman–Crippen LogP) is 5.85. The number of carbonyl (C=O) groups excluding carboxylic acids is 1. The van der Waals surface area contributed by atoms with Crippen LogP contribution >= 0.6 is 27.0 Å². The first-order chi connectivity index (χ1) is 17.8. The fraction of sp³-hybridized carbons (Fsp3) is 0.621. The third-order valence-electron chi connectivity index (χ3n) is 7.86. The van der Waals surface area contributed by atoms with Crippen molar-refractivity contribution in [2.24, 2.45) is 11.8 Å². The molecule has 0 aromatic heterocycles. The maximum absolute atomic E-state index is 13.6. The molecule has 3 saturated heterocycles. The number of fused-ring (bicyclic) bond motifs is 5. The fourth-order valence-corrected chi connectivity index (χ4v) is 6.26. The number of halogens is 2. The molecule has 222 valence electrons. The lowest BCUT2D eigenvalue weighted by molar-refractivity contribution is -0.219. The Kier molecular flexibility index (Phi) is 14.5. The molecule has 10 heteroatoms. The van der Waals surface area contributed by atoms with Gasteiger partial charge >= 0.3 is 0 Å². The minimum Gasteiger partial charge on any atom is -0.333 e. The fourth-order valence-electron chi connectivity index (χ4n) is 6.26. The van der Waals surface area contributed by atoms with Crippen molar-refractivity contribution in [2.45, 2.75) is 98.1 Å². The van der Waals surface area contributed by atoms with E-state index in [2.05, 4.69) is 27.6 Å². The number of hydrogen-bond donors (Lipinski definition) is 2. The van der Waals surface area contributed by atoms with Crippen molar-refractivity contribution < 1.29 is 13.6 Å². The summed E-state index contributed by atoms with van der Waals surface area (Å²) in [5.41, 5.74) is 5.86. The number of alkyl halides is 2. The zero-order valence-corrected chi connectivity index (χ0v) is 26.4. The van der Waals surface area contributed by atoms with E-state index in [0.29, 0.717) is 0 Å². The van der Waals surface area contributed by atoms with Gasteiger partial charge in [-0.05, 0) is 63.2 Å². The van der Waals surface area contributed by atoms with E-state index in [1.54, 1.807) is 6.08 Å². The molecule has 3 unspecified atom stereocenters. The highest BCUT2D eigenvalue weighted by molar-refractivity contribution is 7.59. The van der Waals surface area contributed by atoms with E-state index >= 15 is 0 Å². The molecule has 4 aliphatic heterocycles. The smallest absolute Gasteiger partial charge is 0.257 e. The first-order valence-corrected chi connectivity index (χ1v) is 14.0. The molecule has 4 fully saturated rings. The zero-order chi connectivity index (χ0) is 27.3. The summed E-state index contributed by atoms with van der Waals surface area (Å²) in [6, 6.07) is 9.20. The molecule has 1 aromatic carbocycles. The molecule has 0 spiro atoms. The largest absolute Gasteiger partial charge is 0.333 e. The average molecular weight is 586 g/mol. The molecule has 39 heavy (non-hydrogen) atoms. The number of rotatable bonds is 4. The van der Waals surface area contributed by atoms with Gasteiger partial charge in [-0.1, -0.05) is 58.0 Å². The van der Waals surface area contributed by atoms with Crippen LogP contribution in [0.5, 0.6) is 0 Å². The van der Waals surface area contributed by atoms with Crippen LogP contribution in [0.1, 0.15) is 72.8 Å². The van der Waals surface area contributed by atoms with Crippen molar-refractivity contribution in [3.05, 3.63) is 53.2 Å². The van der Waals surface area contributed by atoms with Crippen molar-refractivity contribution in [3.8, 4) is 0 Å². The van der Waals surface area contributed by atoms with Crippen molar-refractivity contribution in [2.75, 3.05) is 7.05 Å². The van der Waals surface area contributed by atoms with Crippen LogP contribution in [-0.2, 0) is 4.79 Å². The van der Waals surface area contributed by atoms with Gasteiger partial charge in [-0.3, -0.25) is 15.1 Å². The van der Waals surface area contributed by atoms with Gasteiger partial charge in [-0.2, -0.15) is 32.1 Å². The Morgan fingerprint density at radius 3 is 2.23 bits per heavy atom. The predicted molar refractivity (Wildman–Crippen MR) is 167 cm³/mol. The highest BCUT2D eigenvalue weighted by Gasteiger charge is 2.50. The third-order valence-corrected chi connectivity index (χ3v) is 7.86. The molecule has 1 aromatic rings. The first-order valence-electron chi connectivity index (χ1n) is 14.0. The van der Waals surface area contributed by atoms with E-state index in [9.17, 15) is 13.6 Å². The minimum absolute atomic E-state index is 0. The lowest BCUT2D eigenvalue weighted by Crippen LogP contribution is -2.79. The molecule has 6 nitrogen and oxygen atoms in total. The SMILES string of the molecule is C/C(=C\c1ccccc1)C(=O)N1C(C)[C@@H]2CC[C@@H]1CC[C@@H]2C1=CC(C(F)F)NC2NN(C)N12.CC.CC.S.S. The summed E-state index contributed by atoms with van der Waals surface area (Å²) >= 11 is 0. The number of carbonyl (C=O) groups is 1. The van der Waals surface area contributed by atoms with E-state index in [-0.39, 0.29) is 63.1 Å². The van der Waals surface area contributed by atoms with Crippen molar-refractivity contribution >= 4 is 39.0 Å². The van der Waals surface area contributed by atoms with E-state index in [1.807, 2.05) is 83.2 Å². The lowest BCUT2D eigenvalue weighted by atomic mass is 9.78. The molecule has 4 heterocycles. The Bertz CT molecular complexity index is 964. The Morgan fingerprint density at radius 2 is 1.64 bits per heavy atom. The van der Waals surface area contributed by atoms with Crippen LogP contribution in [0, 0.1) is 11.8 Å². The number of allylic oxidation sites excluding steroid dienone is 1. The number of hydrazine groups is 2. The van der Waals surface area contributed by atoms with Crippen molar-refractivity contribution in [1.82, 2.24) is 25.8 Å². The number of piperidine rings is 1. The summed E-state index contributed by atoms with van der Waals surface area (Å²) in [4.78, 5) is 15.7. The minimum atomic E-state index is -2.46. The van der Waals surface area contributed by atoms with Gasteiger partial charge in [0.1, 0.15) is 0 Å². The standard InChI is InChI=1S/C25H33F2N5O.2C2H6.2H2S/c1-15(13-17-7-5-4-6-8-17)24(33)31-16(2)19-11-9-18(31)10-12-20(19)22-14-21(23(26)27)28-25-29-30(3)32(22)25;2*1-2;;/h4-8,13-14,16,18-21,23,25,28-29H,9-12H2,1-3H3;2*1-2H3;2*1H2/b15-13+;;;;/t16?,18-,19+,20+,21?,25?;;;;/m1..../s1. The molecule has 2 bridgehead atoms. The average Bonchev–Trinajstić information content (AvgIpc) is 3.20. The highest BCUT2D eigenvalue weighted by atomic mass is 32.1. The maximum atomic E-state index is 13.6. The molecule has 6 atom stereocenters. The van der Waals surface area contributed by atoms with E-state index in [1.165, 1.54) is 0 Å². The Balaban J connectivity index is 0.00000121. The number of amides is 1. The first kappa shape index (κ1) is 35.4. The number of nitrogens with zero attached hydrogens (tertiary/aromatic N) is 3. The third kappa shape index (κ3) is 7.38. The van der Waals surface area contributed by atoms with Crippen LogP contribution in [0.25, 0.3) is 6.08 Å². The van der Waals surface area contributed by atoms with Gasteiger partial charge in [0.25, 0.3) is 6.43 Å². The van der Waals surface area contributed by atoms with Gasteiger partial charge in [0, 0.05) is 36.3 Å². The second kappa shape index (κ2) is 16.0. The molecule has 1 amide bonds. The summed E-state index contributed by atoms with van der Waals surface area (Å²) in [6.07, 6.45) is 4.70. The van der Waals surface area contributed by atoms with Crippen LogP contribution in [0.4, 0.5) is 8.78 Å². The second-order valence-corrected chi connectivity index (χ2v) is 9.79. The molecule has 6 rings (SSSR count). The van der Waals surface area contributed by atoms with Gasteiger partial charge in [-0.25, -0.2) is 14.2 Å². The summed E-state index contributed by atoms with van der Waals surface area (Å²) in [6.45, 7) is 12.0. The normalized spacial score (nSPS) is 29.6. The number of nitrogens with one attached hydrogen (secondary N) is 2. The van der Waals surface area contributed by atoms with Crippen LogP contribution in [0.3, 0.4) is 0 Å². The van der Waals surface area contributed by atoms with Crippen LogP contribution in [0.2, 0.25) is 0 Å². The summed E-state index contributed by atoms with van der Waals surface area (Å²) in [5.74, 6) is 0.484. The van der Waals surface area contributed by atoms with Crippen molar-refractivity contribution in [3.63, 3.8) is 0 Å². The van der Waals surface area contributed by atoms with Crippen molar-refractivity contribution in [1.29, 1.82) is 0 Å². The monoisotopic (exact) mass is 585 g/mol. The zero-order valence-electron chi connectivity index (χ0n) is 24.4. The Morgan fingerprint density at radius 1 is 1.03 bits per heavy atom. The Hall–Kier alpha value is -1.59. The van der Waals surface area contributed by atoms with Gasteiger partial charge in [0.05, 0.1) is 6.04 Å². The molecule has 5 aliphatic rings. The second-order valence-electron chi connectivity index (χ2n) is 9.79. The highest BCUT2D eigenvalue weighted by Crippen LogP contribution is 2.46. The Labute approximate surface area is 248 Å². The summed E-state index contributed by atoms with van der Waals surface area (Å²) in [5, 5.41) is 6.88. The maximum Gasteiger partial charge on any atom is 0.257 e. The van der Waals surface area contributed by atoms with Crippen LogP contribution < -0.4 is 10.7 Å². The van der Waals surface area contributed by atoms with Gasteiger partial charge in [0.2, 0.25) is 5.91 Å². The van der Waals surface area contributed by atoms with Gasteiger partial charge in [-0.15, -0.1) is 0 Å². The van der Waals surface area contributed by atoms with Crippen LogP contribution in [0.15, 0.2) is 47.7 Å². The van der Waals surface area contributed by atoms with Gasteiger partial charge in [0.15, 0.2) is 6.29 Å². The van der Waals surface area contributed by atoms with E-state index in [4.69, 9.17) is 0 Å². The molecule has 0 radical (unpaired) electrons. The van der Waals surface area contributed by atoms with E-state index in [0.717, 1.165) is 42.5 Å².